The highest BCUT2D eigenvalue weighted by Gasteiger charge is 2.18. The molecular weight excluding hydrogens is 305 g/mol. The molecule has 0 saturated heterocycles. The Morgan fingerprint density at radius 3 is 2.59 bits per heavy atom. The van der Waals surface area contributed by atoms with E-state index in [1.54, 1.807) is 23.9 Å². The summed E-state index contributed by atoms with van der Waals surface area (Å²) < 4.78 is 25.2. The average molecular weight is 323 g/mol. The van der Waals surface area contributed by atoms with Gasteiger partial charge in [0.05, 0.1) is 18.8 Å². The summed E-state index contributed by atoms with van der Waals surface area (Å²) in [6, 6.07) is 6.05. The van der Waals surface area contributed by atoms with E-state index in [4.69, 9.17) is 27.4 Å². The van der Waals surface area contributed by atoms with Gasteiger partial charge in [0.25, 0.3) is 0 Å². The molecule has 22 heavy (non-hydrogen) atoms. The van der Waals surface area contributed by atoms with E-state index in [1.807, 2.05) is 6.92 Å². The minimum atomic E-state index is -0.306. The maximum absolute atomic E-state index is 13.1. The third kappa shape index (κ3) is 3.68. The second-order valence-electron chi connectivity index (χ2n) is 4.71. The molecule has 0 unspecified atom stereocenters. The summed E-state index contributed by atoms with van der Waals surface area (Å²) in [4.78, 5) is 0.250. The minimum Gasteiger partial charge on any atom is -0.389 e. The Balaban J connectivity index is 2.32. The molecule has 1 aromatic carbocycles. The maximum Gasteiger partial charge on any atom is 0.139 e. The maximum atomic E-state index is 13.1. The third-order valence-electron chi connectivity index (χ3n) is 3.22. The molecule has 5 nitrogen and oxygen atoms in total. The lowest BCUT2D eigenvalue weighted by Gasteiger charge is -2.06. The summed E-state index contributed by atoms with van der Waals surface area (Å²) >= 11 is 5.12. The van der Waals surface area contributed by atoms with Crippen LogP contribution in [-0.2, 0) is 16.2 Å². The molecule has 2 rings (SSSR count). The molecule has 0 aliphatic heterocycles. The van der Waals surface area contributed by atoms with Crippen molar-refractivity contribution in [2.45, 2.75) is 13.7 Å². The van der Waals surface area contributed by atoms with Gasteiger partial charge >= 0.3 is 0 Å². The molecule has 0 spiro atoms. The smallest absolute Gasteiger partial charge is 0.139 e. The van der Waals surface area contributed by atoms with Crippen molar-refractivity contribution in [2.24, 2.45) is 5.73 Å². The van der Waals surface area contributed by atoms with Gasteiger partial charge in [0, 0.05) is 18.4 Å². The van der Waals surface area contributed by atoms with Crippen LogP contribution in [0.5, 0.6) is 0 Å². The molecule has 0 fully saturated rings. The highest BCUT2D eigenvalue weighted by molar-refractivity contribution is 7.80. The number of hydrogen-bond acceptors (Lipinski definition) is 4. The van der Waals surface area contributed by atoms with Crippen LogP contribution >= 0.6 is 12.2 Å². The Labute approximate surface area is 133 Å². The highest BCUT2D eigenvalue weighted by atomic mass is 32.1. The van der Waals surface area contributed by atoms with Crippen molar-refractivity contribution in [1.82, 2.24) is 9.78 Å². The van der Waals surface area contributed by atoms with Gasteiger partial charge in [-0.25, -0.2) is 9.07 Å². The summed E-state index contributed by atoms with van der Waals surface area (Å²) in [5, 5.41) is 4.49. The fourth-order valence-corrected chi connectivity index (χ4v) is 2.31. The highest BCUT2D eigenvalue weighted by Crippen LogP contribution is 2.25. The van der Waals surface area contributed by atoms with E-state index in [-0.39, 0.29) is 17.5 Å². The first-order valence-electron chi connectivity index (χ1n) is 6.74. The van der Waals surface area contributed by atoms with Gasteiger partial charge in [-0.05, 0) is 31.2 Å². The van der Waals surface area contributed by atoms with Gasteiger partial charge in [-0.3, -0.25) is 0 Å². The van der Waals surface area contributed by atoms with Crippen molar-refractivity contribution in [1.29, 1.82) is 0 Å². The van der Waals surface area contributed by atoms with E-state index in [1.165, 1.54) is 12.1 Å². The van der Waals surface area contributed by atoms with Gasteiger partial charge in [0.15, 0.2) is 0 Å². The van der Waals surface area contributed by atoms with Crippen molar-refractivity contribution < 1.29 is 13.9 Å². The molecular formula is C15H18FN3O2S. The normalized spacial score (nSPS) is 10.9. The second-order valence-corrected chi connectivity index (χ2v) is 5.15. The molecule has 0 saturated carbocycles. The van der Waals surface area contributed by atoms with E-state index in [9.17, 15) is 4.39 Å². The standard InChI is InChI=1S/C15H18FN3O2S/c1-10-13(15(17)22)14(11-3-5-12(16)6-4-11)18-19(10)9-21-8-7-20-2/h3-6H,7-9H2,1-2H3,(H2,17,22). The van der Waals surface area contributed by atoms with Gasteiger partial charge in [-0.15, -0.1) is 0 Å². The van der Waals surface area contributed by atoms with Crippen molar-refractivity contribution in [3.05, 3.63) is 41.3 Å². The number of rotatable bonds is 7. The molecule has 0 aliphatic rings. The van der Waals surface area contributed by atoms with Crippen LogP contribution in [0.15, 0.2) is 24.3 Å². The lowest BCUT2D eigenvalue weighted by molar-refractivity contribution is 0.0281. The lowest BCUT2D eigenvalue weighted by atomic mass is 10.1. The Morgan fingerprint density at radius 2 is 2.00 bits per heavy atom. The zero-order chi connectivity index (χ0) is 16.1. The molecule has 0 radical (unpaired) electrons. The first-order valence-corrected chi connectivity index (χ1v) is 7.15. The molecule has 0 bridgehead atoms. The molecule has 2 aromatic rings. The summed E-state index contributed by atoms with van der Waals surface area (Å²) in [5.41, 5.74) is 8.68. The summed E-state index contributed by atoms with van der Waals surface area (Å²) in [6.07, 6.45) is 0. The average Bonchev–Trinajstić information content (AvgIpc) is 2.81. The van der Waals surface area contributed by atoms with Crippen molar-refractivity contribution in [3.63, 3.8) is 0 Å². The Morgan fingerprint density at radius 1 is 1.32 bits per heavy atom. The minimum absolute atomic E-state index is 0.250. The van der Waals surface area contributed by atoms with E-state index in [0.717, 1.165) is 11.3 Å². The molecule has 0 amide bonds. The van der Waals surface area contributed by atoms with Crippen LogP contribution in [0, 0.1) is 12.7 Å². The van der Waals surface area contributed by atoms with Crippen LogP contribution in [0.4, 0.5) is 4.39 Å². The number of hydrogen-bond donors (Lipinski definition) is 1. The fourth-order valence-electron chi connectivity index (χ4n) is 2.07. The number of halogens is 1. The molecule has 7 heteroatoms. The monoisotopic (exact) mass is 323 g/mol. The summed E-state index contributed by atoms with van der Waals surface area (Å²) in [5.74, 6) is -0.306. The third-order valence-corrected chi connectivity index (χ3v) is 3.42. The van der Waals surface area contributed by atoms with Gasteiger partial charge in [-0.2, -0.15) is 5.10 Å². The Kier molecular flexibility index (Phi) is 5.59. The number of aromatic nitrogens is 2. The van der Waals surface area contributed by atoms with Crippen LogP contribution in [-0.4, -0.2) is 35.1 Å². The Bertz CT molecular complexity index is 656. The number of methoxy groups -OCH3 is 1. The van der Waals surface area contributed by atoms with Crippen molar-refractivity contribution in [3.8, 4) is 11.3 Å². The van der Waals surface area contributed by atoms with Crippen LogP contribution in [0.25, 0.3) is 11.3 Å². The zero-order valence-corrected chi connectivity index (χ0v) is 13.3. The number of benzene rings is 1. The van der Waals surface area contributed by atoms with Crippen LogP contribution < -0.4 is 5.73 Å². The Hall–Kier alpha value is -1.83. The van der Waals surface area contributed by atoms with E-state index < -0.39 is 0 Å². The SMILES string of the molecule is COCCOCn1nc(-c2ccc(F)cc2)c(C(N)=S)c1C. The molecule has 1 aromatic heterocycles. The molecule has 0 atom stereocenters. The summed E-state index contributed by atoms with van der Waals surface area (Å²) in [6.45, 7) is 3.11. The molecule has 2 N–H and O–H groups in total. The van der Waals surface area contributed by atoms with Gasteiger partial charge in [-0.1, -0.05) is 12.2 Å². The topological polar surface area (TPSA) is 62.3 Å². The van der Waals surface area contributed by atoms with Gasteiger partial charge in [0.1, 0.15) is 23.2 Å². The number of nitrogens with zero attached hydrogens (tertiary/aromatic N) is 2. The largest absolute Gasteiger partial charge is 0.389 e. The molecule has 0 aliphatic carbocycles. The summed E-state index contributed by atoms with van der Waals surface area (Å²) in [7, 11) is 1.61. The number of thiocarbonyl (C=S) groups is 1. The van der Waals surface area contributed by atoms with Crippen LogP contribution in [0.3, 0.4) is 0 Å². The fraction of sp³-hybridized carbons (Fsp3) is 0.333. The van der Waals surface area contributed by atoms with E-state index in [0.29, 0.717) is 24.5 Å². The second kappa shape index (κ2) is 7.44. The van der Waals surface area contributed by atoms with E-state index >= 15 is 0 Å². The molecule has 118 valence electrons. The number of nitrogens with two attached hydrogens (primary N) is 1. The van der Waals surface area contributed by atoms with Crippen molar-refractivity contribution >= 4 is 17.2 Å². The number of ether oxygens (including phenoxy) is 2. The predicted octanol–water partition coefficient (Wildman–Crippen LogP) is 2.25. The first kappa shape index (κ1) is 16.5. The van der Waals surface area contributed by atoms with Gasteiger partial charge < -0.3 is 15.2 Å². The van der Waals surface area contributed by atoms with Gasteiger partial charge in [0.2, 0.25) is 0 Å². The zero-order valence-electron chi connectivity index (χ0n) is 12.5. The predicted molar refractivity (Wildman–Crippen MR) is 86.1 cm³/mol. The lowest BCUT2D eigenvalue weighted by Crippen LogP contribution is -2.13. The van der Waals surface area contributed by atoms with Crippen LogP contribution in [0.2, 0.25) is 0 Å². The first-order chi connectivity index (χ1) is 10.5. The quantitative estimate of drug-likeness (QED) is 0.625. The van der Waals surface area contributed by atoms with Crippen LogP contribution in [0.1, 0.15) is 11.3 Å². The van der Waals surface area contributed by atoms with E-state index in [2.05, 4.69) is 5.10 Å². The molecule has 1 heterocycles. The van der Waals surface area contributed by atoms with Crippen molar-refractivity contribution in [2.75, 3.05) is 20.3 Å².